The SMILES string of the molecule is [CH2]c1nc(CCCCCC)co1. The van der Waals surface area contributed by atoms with Gasteiger partial charge in [-0.1, -0.05) is 26.2 Å². The maximum atomic E-state index is 5.00. The Bertz CT molecular complexity index is 217. The smallest absolute Gasteiger partial charge is 0.194 e. The highest BCUT2D eigenvalue weighted by molar-refractivity contribution is 4.97. The number of nitrogens with zero attached hydrogens (tertiary/aromatic N) is 1. The molecule has 0 N–H and O–H groups in total. The summed E-state index contributed by atoms with van der Waals surface area (Å²) in [5.74, 6) is 0.528. The van der Waals surface area contributed by atoms with Crippen LogP contribution in [-0.4, -0.2) is 4.98 Å². The third-order valence-corrected chi connectivity index (χ3v) is 1.89. The normalized spacial score (nSPS) is 10.5. The van der Waals surface area contributed by atoms with Crippen molar-refractivity contribution >= 4 is 0 Å². The summed E-state index contributed by atoms with van der Waals surface area (Å²) in [4.78, 5) is 4.13. The second kappa shape index (κ2) is 4.96. The highest BCUT2D eigenvalue weighted by atomic mass is 16.3. The van der Waals surface area contributed by atoms with Gasteiger partial charge in [-0.15, -0.1) is 0 Å². The molecule has 1 rings (SSSR count). The van der Waals surface area contributed by atoms with Crippen molar-refractivity contribution in [3.8, 4) is 0 Å². The molecule has 0 saturated heterocycles. The Balaban J connectivity index is 2.15. The van der Waals surface area contributed by atoms with E-state index >= 15 is 0 Å². The largest absolute Gasteiger partial charge is 0.449 e. The van der Waals surface area contributed by atoms with Crippen LogP contribution in [-0.2, 0) is 6.42 Å². The zero-order valence-corrected chi connectivity index (χ0v) is 7.68. The number of unbranched alkanes of at least 4 members (excludes halogenated alkanes) is 3. The molecule has 0 unspecified atom stereocenters. The molecule has 0 aromatic carbocycles. The molecule has 0 fully saturated rings. The van der Waals surface area contributed by atoms with Crippen molar-refractivity contribution in [3.05, 3.63) is 24.8 Å². The lowest BCUT2D eigenvalue weighted by molar-refractivity contribution is 0.535. The van der Waals surface area contributed by atoms with Gasteiger partial charge in [-0.2, -0.15) is 0 Å². The van der Waals surface area contributed by atoms with Crippen LogP contribution in [0.1, 0.15) is 44.2 Å². The molecule has 0 spiro atoms. The summed E-state index contributed by atoms with van der Waals surface area (Å²) >= 11 is 0. The first-order valence-corrected chi connectivity index (χ1v) is 4.59. The fourth-order valence-electron chi connectivity index (χ4n) is 1.20. The van der Waals surface area contributed by atoms with Gasteiger partial charge in [0.25, 0.3) is 0 Å². The van der Waals surface area contributed by atoms with E-state index in [0.717, 1.165) is 12.1 Å². The Labute approximate surface area is 74.0 Å². The summed E-state index contributed by atoms with van der Waals surface area (Å²) in [5.41, 5.74) is 1.04. The lowest BCUT2D eigenvalue weighted by Crippen LogP contribution is -1.85. The average molecular weight is 166 g/mol. The van der Waals surface area contributed by atoms with Crippen molar-refractivity contribution in [1.29, 1.82) is 0 Å². The quantitative estimate of drug-likeness (QED) is 0.628. The van der Waals surface area contributed by atoms with Crippen LogP contribution in [0.4, 0.5) is 0 Å². The molecule has 2 heteroatoms. The van der Waals surface area contributed by atoms with Crippen molar-refractivity contribution in [3.63, 3.8) is 0 Å². The first kappa shape index (κ1) is 9.30. The minimum atomic E-state index is 0.528. The molecule has 0 amide bonds. The zero-order chi connectivity index (χ0) is 8.81. The van der Waals surface area contributed by atoms with E-state index < -0.39 is 0 Å². The van der Waals surface area contributed by atoms with Crippen LogP contribution in [0.3, 0.4) is 0 Å². The van der Waals surface area contributed by atoms with E-state index in [-0.39, 0.29) is 0 Å². The molecule has 0 atom stereocenters. The van der Waals surface area contributed by atoms with Gasteiger partial charge < -0.3 is 4.42 Å². The van der Waals surface area contributed by atoms with E-state index in [1.54, 1.807) is 6.26 Å². The molecule has 0 aliphatic heterocycles. The fourth-order valence-corrected chi connectivity index (χ4v) is 1.20. The summed E-state index contributed by atoms with van der Waals surface area (Å²) in [6, 6.07) is 0. The van der Waals surface area contributed by atoms with Crippen LogP contribution in [0.2, 0.25) is 0 Å². The summed E-state index contributed by atoms with van der Waals surface area (Å²) in [6.45, 7) is 5.82. The molecule has 2 nitrogen and oxygen atoms in total. The van der Waals surface area contributed by atoms with Gasteiger partial charge in [0.15, 0.2) is 5.89 Å². The topological polar surface area (TPSA) is 26.0 Å². The number of aryl methyl sites for hydroxylation is 1. The van der Waals surface area contributed by atoms with Gasteiger partial charge in [-0.05, 0) is 12.8 Å². The zero-order valence-electron chi connectivity index (χ0n) is 7.68. The van der Waals surface area contributed by atoms with E-state index in [1.165, 1.54) is 25.7 Å². The highest BCUT2D eigenvalue weighted by Gasteiger charge is 1.98. The number of aromatic nitrogens is 1. The molecular formula is C10H16NO. The van der Waals surface area contributed by atoms with Gasteiger partial charge in [0.05, 0.1) is 5.69 Å². The maximum absolute atomic E-state index is 5.00. The first-order chi connectivity index (χ1) is 5.83. The molecule has 0 aliphatic carbocycles. The van der Waals surface area contributed by atoms with Crippen LogP contribution in [0.5, 0.6) is 0 Å². The monoisotopic (exact) mass is 166 g/mol. The number of hydrogen-bond acceptors (Lipinski definition) is 2. The summed E-state index contributed by atoms with van der Waals surface area (Å²) in [5, 5.41) is 0. The molecule has 0 aliphatic rings. The molecule has 0 bridgehead atoms. The number of oxazole rings is 1. The minimum Gasteiger partial charge on any atom is -0.449 e. The molecule has 1 heterocycles. The Morgan fingerprint density at radius 2 is 2.25 bits per heavy atom. The molecule has 1 aromatic rings. The van der Waals surface area contributed by atoms with Gasteiger partial charge in [0.2, 0.25) is 0 Å². The molecule has 1 radical (unpaired) electrons. The van der Waals surface area contributed by atoms with Gasteiger partial charge in [-0.3, -0.25) is 0 Å². The van der Waals surface area contributed by atoms with E-state index in [1.807, 2.05) is 0 Å². The lowest BCUT2D eigenvalue weighted by atomic mass is 10.1. The molecular weight excluding hydrogens is 150 g/mol. The van der Waals surface area contributed by atoms with Gasteiger partial charge in [0, 0.05) is 6.92 Å². The third kappa shape index (κ3) is 3.07. The van der Waals surface area contributed by atoms with Crippen LogP contribution in [0, 0.1) is 6.92 Å². The number of rotatable bonds is 5. The van der Waals surface area contributed by atoms with Gasteiger partial charge in [0.1, 0.15) is 6.26 Å². The minimum absolute atomic E-state index is 0.528. The van der Waals surface area contributed by atoms with Crippen LogP contribution in [0.15, 0.2) is 10.7 Å². The van der Waals surface area contributed by atoms with Crippen molar-refractivity contribution < 1.29 is 4.42 Å². The van der Waals surface area contributed by atoms with Gasteiger partial charge in [-0.25, -0.2) is 4.98 Å². The summed E-state index contributed by atoms with van der Waals surface area (Å²) in [7, 11) is 0. The highest BCUT2D eigenvalue weighted by Crippen LogP contribution is 2.07. The second-order valence-corrected chi connectivity index (χ2v) is 3.04. The van der Waals surface area contributed by atoms with Crippen LogP contribution < -0.4 is 0 Å². The first-order valence-electron chi connectivity index (χ1n) is 4.59. The second-order valence-electron chi connectivity index (χ2n) is 3.04. The van der Waals surface area contributed by atoms with Crippen LogP contribution >= 0.6 is 0 Å². The van der Waals surface area contributed by atoms with Crippen molar-refractivity contribution in [1.82, 2.24) is 4.98 Å². The molecule has 12 heavy (non-hydrogen) atoms. The van der Waals surface area contributed by atoms with E-state index in [9.17, 15) is 0 Å². The van der Waals surface area contributed by atoms with Crippen molar-refractivity contribution in [2.45, 2.75) is 39.0 Å². The van der Waals surface area contributed by atoms with Crippen molar-refractivity contribution in [2.24, 2.45) is 0 Å². The molecule has 67 valence electrons. The maximum Gasteiger partial charge on any atom is 0.194 e. The fraction of sp³-hybridized carbons (Fsp3) is 0.600. The standard InChI is InChI=1S/C10H16NO/c1-3-4-5-6-7-10-8-12-9(2)11-10/h8H,2-7H2,1H3. The van der Waals surface area contributed by atoms with Gasteiger partial charge >= 0.3 is 0 Å². The van der Waals surface area contributed by atoms with E-state index in [4.69, 9.17) is 4.42 Å². The summed E-state index contributed by atoms with van der Waals surface area (Å²) in [6.07, 6.45) is 7.82. The van der Waals surface area contributed by atoms with E-state index in [0.29, 0.717) is 5.89 Å². The Morgan fingerprint density at radius 3 is 2.83 bits per heavy atom. The third-order valence-electron chi connectivity index (χ3n) is 1.89. The number of hydrogen-bond donors (Lipinski definition) is 0. The molecule has 0 saturated carbocycles. The lowest BCUT2D eigenvalue weighted by Gasteiger charge is -1.94. The predicted octanol–water partition coefficient (Wildman–Crippen LogP) is 2.98. The predicted molar refractivity (Wildman–Crippen MR) is 48.8 cm³/mol. The Hall–Kier alpha value is -0.790. The Morgan fingerprint density at radius 1 is 1.42 bits per heavy atom. The van der Waals surface area contributed by atoms with E-state index in [2.05, 4.69) is 18.8 Å². The summed E-state index contributed by atoms with van der Waals surface area (Å²) < 4.78 is 5.00. The average Bonchev–Trinajstić information content (AvgIpc) is 2.45. The van der Waals surface area contributed by atoms with Crippen molar-refractivity contribution in [2.75, 3.05) is 0 Å². The Kier molecular flexibility index (Phi) is 3.85. The van der Waals surface area contributed by atoms with Crippen LogP contribution in [0.25, 0.3) is 0 Å². The molecule has 1 aromatic heterocycles.